The van der Waals surface area contributed by atoms with Crippen LogP contribution < -0.4 is 15.2 Å². The Morgan fingerprint density at radius 1 is 1.17 bits per heavy atom. The Bertz CT molecular complexity index is 416. The standard InChI is InChI=1S/C14H20N2O2/c15-9-12(16-5-1-2-6-16)7-11-3-4-13-14(8-11)18-10-17-13/h3-4,8,12H,1-2,5-7,9-10,15H2. The van der Waals surface area contributed by atoms with Crippen LogP contribution in [0.25, 0.3) is 0 Å². The van der Waals surface area contributed by atoms with Crippen molar-refractivity contribution in [3.05, 3.63) is 23.8 Å². The van der Waals surface area contributed by atoms with Crippen LogP contribution >= 0.6 is 0 Å². The van der Waals surface area contributed by atoms with E-state index in [0.717, 1.165) is 17.9 Å². The third-order valence-electron chi connectivity index (χ3n) is 3.84. The molecular weight excluding hydrogens is 228 g/mol. The monoisotopic (exact) mass is 248 g/mol. The first kappa shape index (κ1) is 11.8. The second-order valence-electron chi connectivity index (χ2n) is 5.02. The van der Waals surface area contributed by atoms with Gasteiger partial charge in [-0.2, -0.15) is 0 Å². The number of hydrogen-bond donors (Lipinski definition) is 1. The molecule has 4 heteroatoms. The van der Waals surface area contributed by atoms with Gasteiger partial charge >= 0.3 is 0 Å². The maximum atomic E-state index is 5.92. The first-order chi connectivity index (χ1) is 8.86. The summed E-state index contributed by atoms with van der Waals surface area (Å²) >= 11 is 0. The van der Waals surface area contributed by atoms with E-state index < -0.39 is 0 Å². The number of rotatable bonds is 4. The fraction of sp³-hybridized carbons (Fsp3) is 0.571. The van der Waals surface area contributed by atoms with Gasteiger partial charge in [0, 0.05) is 12.6 Å². The number of hydrogen-bond acceptors (Lipinski definition) is 4. The van der Waals surface area contributed by atoms with Crippen LogP contribution in [0.3, 0.4) is 0 Å². The molecule has 1 fully saturated rings. The normalized spacial score (nSPS) is 20.3. The smallest absolute Gasteiger partial charge is 0.231 e. The zero-order valence-electron chi connectivity index (χ0n) is 10.6. The molecule has 1 aromatic rings. The van der Waals surface area contributed by atoms with Crippen molar-refractivity contribution >= 4 is 0 Å². The fourth-order valence-corrected chi connectivity index (χ4v) is 2.81. The minimum Gasteiger partial charge on any atom is -0.454 e. The average molecular weight is 248 g/mol. The summed E-state index contributed by atoms with van der Waals surface area (Å²) in [7, 11) is 0. The van der Waals surface area contributed by atoms with Crippen molar-refractivity contribution in [2.24, 2.45) is 5.73 Å². The Morgan fingerprint density at radius 2 is 1.94 bits per heavy atom. The van der Waals surface area contributed by atoms with Crippen LogP contribution in [0.15, 0.2) is 18.2 Å². The van der Waals surface area contributed by atoms with Gasteiger partial charge in [-0.3, -0.25) is 4.90 Å². The van der Waals surface area contributed by atoms with Gasteiger partial charge in [0.2, 0.25) is 6.79 Å². The molecule has 1 aromatic carbocycles. The van der Waals surface area contributed by atoms with Crippen molar-refractivity contribution in [3.63, 3.8) is 0 Å². The SMILES string of the molecule is NCC(Cc1ccc2c(c1)OCO2)N1CCCC1. The Labute approximate surface area is 108 Å². The van der Waals surface area contributed by atoms with Crippen molar-refractivity contribution in [1.29, 1.82) is 0 Å². The van der Waals surface area contributed by atoms with Crippen LogP contribution in [0.5, 0.6) is 11.5 Å². The average Bonchev–Trinajstić information content (AvgIpc) is 3.06. The Hall–Kier alpha value is -1.26. The Kier molecular flexibility index (Phi) is 3.39. The highest BCUT2D eigenvalue weighted by molar-refractivity contribution is 5.44. The van der Waals surface area contributed by atoms with Crippen LogP contribution in [-0.2, 0) is 6.42 Å². The van der Waals surface area contributed by atoms with Crippen LogP contribution in [0.1, 0.15) is 18.4 Å². The van der Waals surface area contributed by atoms with Gasteiger partial charge in [-0.25, -0.2) is 0 Å². The molecule has 0 spiro atoms. The second-order valence-corrected chi connectivity index (χ2v) is 5.02. The molecular formula is C14H20N2O2. The predicted molar refractivity (Wildman–Crippen MR) is 69.9 cm³/mol. The van der Waals surface area contributed by atoms with E-state index in [9.17, 15) is 0 Å². The molecule has 2 N–H and O–H groups in total. The van der Waals surface area contributed by atoms with Crippen molar-refractivity contribution in [2.45, 2.75) is 25.3 Å². The van der Waals surface area contributed by atoms with E-state index in [-0.39, 0.29) is 0 Å². The summed E-state index contributed by atoms with van der Waals surface area (Å²) in [5.74, 6) is 1.72. The summed E-state index contributed by atoms with van der Waals surface area (Å²) in [4.78, 5) is 2.50. The van der Waals surface area contributed by atoms with E-state index >= 15 is 0 Å². The number of ether oxygens (including phenoxy) is 2. The van der Waals surface area contributed by atoms with Crippen LogP contribution in [0.2, 0.25) is 0 Å². The molecule has 0 amide bonds. The molecule has 0 bridgehead atoms. The maximum Gasteiger partial charge on any atom is 0.231 e. The summed E-state index contributed by atoms with van der Waals surface area (Å²) in [6.45, 7) is 3.43. The molecule has 98 valence electrons. The summed E-state index contributed by atoms with van der Waals surface area (Å²) in [5.41, 5.74) is 7.19. The second kappa shape index (κ2) is 5.16. The van der Waals surface area contributed by atoms with Gasteiger partial charge in [-0.05, 0) is 50.0 Å². The molecule has 1 saturated heterocycles. The molecule has 3 rings (SSSR count). The molecule has 0 radical (unpaired) electrons. The first-order valence-electron chi connectivity index (χ1n) is 6.69. The highest BCUT2D eigenvalue weighted by atomic mass is 16.7. The number of nitrogens with two attached hydrogens (primary N) is 1. The van der Waals surface area contributed by atoms with E-state index in [0.29, 0.717) is 19.4 Å². The Balaban J connectivity index is 1.70. The van der Waals surface area contributed by atoms with Gasteiger partial charge in [0.15, 0.2) is 11.5 Å². The molecule has 2 aliphatic heterocycles. The van der Waals surface area contributed by atoms with Gasteiger partial charge < -0.3 is 15.2 Å². The third kappa shape index (κ3) is 2.31. The van der Waals surface area contributed by atoms with Gasteiger partial charge in [-0.1, -0.05) is 6.07 Å². The lowest BCUT2D eigenvalue weighted by molar-refractivity contribution is 0.174. The third-order valence-corrected chi connectivity index (χ3v) is 3.84. The van der Waals surface area contributed by atoms with Crippen LogP contribution in [-0.4, -0.2) is 37.4 Å². The number of nitrogens with zero attached hydrogens (tertiary/aromatic N) is 1. The molecule has 0 aliphatic carbocycles. The largest absolute Gasteiger partial charge is 0.454 e. The zero-order valence-corrected chi connectivity index (χ0v) is 10.6. The summed E-state index contributed by atoms with van der Waals surface area (Å²) in [6.07, 6.45) is 3.60. The van der Waals surface area contributed by atoms with E-state index in [1.807, 2.05) is 6.07 Å². The van der Waals surface area contributed by atoms with Gasteiger partial charge in [0.25, 0.3) is 0 Å². The molecule has 0 aromatic heterocycles. The maximum absolute atomic E-state index is 5.92. The molecule has 1 atom stereocenters. The lowest BCUT2D eigenvalue weighted by atomic mass is 10.0. The minimum atomic E-state index is 0.339. The molecule has 2 heterocycles. The van der Waals surface area contributed by atoms with Crippen molar-refractivity contribution in [1.82, 2.24) is 4.90 Å². The molecule has 0 saturated carbocycles. The fourth-order valence-electron chi connectivity index (χ4n) is 2.81. The summed E-state index contributed by atoms with van der Waals surface area (Å²) in [6, 6.07) is 6.65. The zero-order chi connectivity index (χ0) is 12.4. The van der Waals surface area contributed by atoms with E-state index in [1.54, 1.807) is 0 Å². The number of likely N-dealkylation sites (tertiary alicyclic amines) is 1. The van der Waals surface area contributed by atoms with Crippen LogP contribution in [0, 0.1) is 0 Å². The predicted octanol–water partition coefficient (Wildman–Crippen LogP) is 1.38. The number of fused-ring (bicyclic) bond motifs is 1. The summed E-state index contributed by atoms with van der Waals surface area (Å²) < 4.78 is 10.7. The highest BCUT2D eigenvalue weighted by Gasteiger charge is 2.22. The van der Waals surface area contributed by atoms with Gasteiger partial charge in [0.1, 0.15) is 0 Å². The molecule has 18 heavy (non-hydrogen) atoms. The van der Waals surface area contributed by atoms with Crippen molar-refractivity contribution in [3.8, 4) is 11.5 Å². The minimum absolute atomic E-state index is 0.339. The van der Waals surface area contributed by atoms with E-state index in [1.165, 1.54) is 31.5 Å². The van der Waals surface area contributed by atoms with Gasteiger partial charge in [-0.15, -0.1) is 0 Å². The molecule has 1 unspecified atom stereocenters. The topological polar surface area (TPSA) is 47.7 Å². The highest BCUT2D eigenvalue weighted by Crippen LogP contribution is 2.33. The molecule has 2 aliphatic rings. The van der Waals surface area contributed by atoms with E-state index in [2.05, 4.69) is 17.0 Å². The quantitative estimate of drug-likeness (QED) is 0.874. The number of benzene rings is 1. The van der Waals surface area contributed by atoms with Crippen molar-refractivity contribution < 1.29 is 9.47 Å². The first-order valence-corrected chi connectivity index (χ1v) is 6.69. The van der Waals surface area contributed by atoms with Crippen LogP contribution in [0.4, 0.5) is 0 Å². The molecule has 4 nitrogen and oxygen atoms in total. The van der Waals surface area contributed by atoms with Gasteiger partial charge in [0.05, 0.1) is 0 Å². The Morgan fingerprint density at radius 3 is 2.72 bits per heavy atom. The van der Waals surface area contributed by atoms with Crippen molar-refractivity contribution in [2.75, 3.05) is 26.4 Å². The lowest BCUT2D eigenvalue weighted by Crippen LogP contribution is -2.40. The lowest BCUT2D eigenvalue weighted by Gasteiger charge is -2.26. The summed E-state index contributed by atoms with van der Waals surface area (Å²) in [5, 5.41) is 0. The van der Waals surface area contributed by atoms with E-state index in [4.69, 9.17) is 15.2 Å².